The summed E-state index contributed by atoms with van der Waals surface area (Å²) in [5.41, 5.74) is 2.20. The average Bonchev–Trinajstić information content (AvgIpc) is 2.82. The molecule has 1 aromatic heterocycles. The molecule has 4 nitrogen and oxygen atoms in total. The average molecular weight is 310 g/mol. The van der Waals surface area contributed by atoms with E-state index in [2.05, 4.69) is 22.5 Å². The summed E-state index contributed by atoms with van der Waals surface area (Å²) >= 11 is 7.39. The third-order valence-corrected chi connectivity index (χ3v) is 3.74. The molecule has 0 saturated heterocycles. The van der Waals surface area contributed by atoms with Crippen molar-refractivity contribution in [2.24, 2.45) is 0 Å². The molecule has 1 amide bonds. The minimum atomic E-state index is -0.208. The van der Waals surface area contributed by atoms with Gasteiger partial charge in [-0.1, -0.05) is 18.5 Å². The van der Waals surface area contributed by atoms with Crippen LogP contribution in [0.2, 0.25) is 5.02 Å². The number of halogens is 1. The lowest BCUT2D eigenvalue weighted by atomic mass is 10.1. The number of thiazole rings is 1. The van der Waals surface area contributed by atoms with Crippen molar-refractivity contribution in [3.8, 4) is 0 Å². The summed E-state index contributed by atoms with van der Waals surface area (Å²) in [7, 11) is 0. The summed E-state index contributed by atoms with van der Waals surface area (Å²) in [5, 5.41) is 9.04. The van der Waals surface area contributed by atoms with E-state index in [1.165, 1.54) is 11.3 Å². The molecule has 2 N–H and O–H groups in total. The van der Waals surface area contributed by atoms with E-state index in [0.717, 1.165) is 24.3 Å². The van der Waals surface area contributed by atoms with Gasteiger partial charge in [0.15, 0.2) is 5.13 Å². The zero-order valence-corrected chi connectivity index (χ0v) is 12.9. The van der Waals surface area contributed by atoms with Crippen LogP contribution in [0.15, 0.2) is 23.6 Å². The van der Waals surface area contributed by atoms with Crippen LogP contribution in [0.5, 0.6) is 0 Å². The Morgan fingerprint density at radius 1 is 1.45 bits per heavy atom. The molecule has 0 unspecified atom stereocenters. The molecule has 0 radical (unpaired) electrons. The summed E-state index contributed by atoms with van der Waals surface area (Å²) in [6, 6.07) is 5.25. The molecule has 106 valence electrons. The Labute approximate surface area is 127 Å². The van der Waals surface area contributed by atoms with Crippen molar-refractivity contribution in [1.82, 2.24) is 4.98 Å². The van der Waals surface area contributed by atoms with Gasteiger partial charge in [-0.2, -0.15) is 0 Å². The molecule has 6 heteroatoms. The van der Waals surface area contributed by atoms with E-state index >= 15 is 0 Å². The Morgan fingerprint density at radius 3 is 2.90 bits per heavy atom. The van der Waals surface area contributed by atoms with Crippen LogP contribution in [0.1, 0.15) is 29.4 Å². The number of amides is 1. The first-order chi connectivity index (χ1) is 9.60. The van der Waals surface area contributed by atoms with E-state index in [9.17, 15) is 4.79 Å². The van der Waals surface area contributed by atoms with Crippen molar-refractivity contribution in [1.29, 1.82) is 0 Å². The Bertz CT molecular complexity index is 612. The van der Waals surface area contributed by atoms with Gasteiger partial charge < -0.3 is 5.32 Å². The number of aromatic nitrogens is 1. The second kappa shape index (κ2) is 6.72. The zero-order valence-electron chi connectivity index (χ0n) is 11.4. The highest BCUT2D eigenvalue weighted by Gasteiger charge is 2.13. The molecule has 0 fully saturated rings. The van der Waals surface area contributed by atoms with Crippen LogP contribution in [-0.2, 0) is 0 Å². The highest BCUT2D eigenvalue weighted by molar-refractivity contribution is 7.13. The van der Waals surface area contributed by atoms with Crippen LogP contribution in [0.3, 0.4) is 0 Å². The molecule has 0 saturated carbocycles. The fourth-order valence-electron chi connectivity index (χ4n) is 1.69. The smallest absolute Gasteiger partial charge is 0.259 e. The largest absolute Gasteiger partial charge is 0.384 e. The third-order valence-electron chi connectivity index (χ3n) is 2.63. The lowest BCUT2D eigenvalue weighted by Gasteiger charge is -2.11. The van der Waals surface area contributed by atoms with Gasteiger partial charge in [-0.3, -0.25) is 10.1 Å². The van der Waals surface area contributed by atoms with E-state index < -0.39 is 0 Å². The van der Waals surface area contributed by atoms with Crippen molar-refractivity contribution in [3.05, 3.63) is 39.9 Å². The Morgan fingerprint density at radius 2 is 2.25 bits per heavy atom. The lowest BCUT2D eigenvalue weighted by Crippen LogP contribution is -2.15. The lowest BCUT2D eigenvalue weighted by molar-refractivity contribution is 0.102. The van der Waals surface area contributed by atoms with Crippen LogP contribution >= 0.6 is 22.9 Å². The molecule has 2 aromatic rings. The summed E-state index contributed by atoms with van der Waals surface area (Å²) in [5.74, 6) is -0.208. The second-order valence-corrected chi connectivity index (χ2v) is 5.66. The van der Waals surface area contributed by atoms with Gasteiger partial charge >= 0.3 is 0 Å². The Balaban J connectivity index is 2.21. The van der Waals surface area contributed by atoms with Crippen molar-refractivity contribution >= 4 is 39.7 Å². The molecule has 0 aliphatic rings. The van der Waals surface area contributed by atoms with Gasteiger partial charge in [0, 0.05) is 22.6 Å². The molecule has 0 aliphatic carbocycles. The maximum Gasteiger partial charge on any atom is 0.259 e. The number of rotatable bonds is 5. The van der Waals surface area contributed by atoms with E-state index in [4.69, 9.17) is 11.6 Å². The maximum absolute atomic E-state index is 12.3. The number of nitrogens with one attached hydrogen (secondary N) is 2. The van der Waals surface area contributed by atoms with E-state index in [-0.39, 0.29) is 5.91 Å². The number of carbonyl (C=O) groups is 1. The number of nitrogens with zero attached hydrogens (tertiary/aromatic N) is 1. The Hall–Kier alpha value is -1.59. The zero-order chi connectivity index (χ0) is 14.5. The highest BCUT2D eigenvalue weighted by atomic mass is 35.5. The van der Waals surface area contributed by atoms with Gasteiger partial charge in [0.05, 0.1) is 11.3 Å². The summed E-state index contributed by atoms with van der Waals surface area (Å²) in [4.78, 5) is 16.5. The molecular formula is C14H16ClN3OS. The molecule has 0 atom stereocenters. The van der Waals surface area contributed by atoms with Gasteiger partial charge in [-0.15, -0.1) is 11.3 Å². The van der Waals surface area contributed by atoms with Crippen molar-refractivity contribution in [2.75, 3.05) is 17.2 Å². The molecule has 1 heterocycles. The van der Waals surface area contributed by atoms with Gasteiger partial charge in [-0.05, 0) is 31.5 Å². The number of benzene rings is 1. The minimum Gasteiger partial charge on any atom is -0.384 e. The number of hydrogen-bond donors (Lipinski definition) is 2. The second-order valence-electron chi connectivity index (χ2n) is 4.36. The van der Waals surface area contributed by atoms with Crippen molar-refractivity contribution < 1.29 is 4.79 Å². The van der Waals surface area contributed by atoms with Gasteiger partial charge in [0.2, 0.25) is 0 Å². The first kappa shape index (κ1) is 14.8. The summed E-state index contributed by atoms with van der Waals surface area (Å²) in [6.45, 7) is 4.76. The normalized spacial score (nSPS) is 10.3. The van der Waals surface area contributed by atoms with Gasteiger partial charge in [-0.25, -0.2) is 4.98 Å². The molecule has 2 rings (SSSR count). The van der Waals surface area contributed by atoms with Crippen molar-refractivity contribution in [3.63, 3.8) is 0 Å². The van der Waals surface area contributed by atoms with Crippen LogP contribution in [0.4, 0.5) is 10.8 Å². The molecule has 20 heavy (non-hydrogen) atoms. The topological polar surface area (TPSA) is 54.0 Å². The standard InChI is InChI=1S/C14H16ClN3OS/c1-3-6-16-12-5-4-10(15)7-11(12)13(19)18-14-17-9(2)8-20-14/h4-5,7-8,16H,3,6H2,1-2H3,(H,17,18,19). The van der Waals surface area contributed by atoms with E-state index in [1.54, 1.807) is 12.1 Å². The highest BCUT2D eigenvalue weighted by Crippen LogP contribution is 2.23. The third kappa shape index (κ3) is 3.71. The van der Waals surface area contributed by atoms with Crippen LogP contribution in [0.25, 0.3) is 0 Å². The fraction of sp³-hybridized carbons (Fsp3) is 0.286. The predicted octanol–water partition coefficient (Wildman–Crippen LogP) is 4.18. The first-order valence-corrected chi connectivity index (χ1v) is 7.63. The van der Waals surface area contributed by atoms with E-state index in [1.807, 2.05) is 18.4 Å². The molecule has 1 aromatic carbocycles. The number of hydrogen-bond acceptors (Lipinski definition) is 4. The van der Waals surface area contributed by atoms with Crippen molar-refractivity contribution in [2.45, 2.75) is 20.3 Å². The molecule has 0 spiro atoms. The maximum atomic E-state index is 12.3. The van der Waals surface area contributed by atoms with Crippen LogP contribution in [0, 0.1) is 6.92 Å². The number of anilines is 2. The summed E-state index contributed by atoms with van der Waals surface area (Å²) < 4.78 is 0. The number of carbonyl (C=O) groups excluding carboxylic acids is 1. The van der Waals surface area contributed by atoms with E-state index in [0.29, 0.717) is 15.7 Å². The SMILES string of the molecule is CCCNc1ccc(Cl)cc1C(=O)Nc1nc(C)cs1. The van der Waals surface area contributed by atoms with Gasteiger partial charge in [0.25, 0.3) is 5.91 Å². The molecule has 0 bridgehead atoms. The van der Waals surface area contributed by atoms with Crippen LogP contribution in [-0.4, -0.2) is 17.4 Å². The predicted molar refractivity (Wildman–Crippen MR) is 85.0 cm³/mol. The first-order valence-electron chi connectivity index (χ1n) is 6.37. The summed E-state index contributed by atoms with van der Waals surface area (Å²) in [6.07, 6.45) is 0.982. The van der Waals surface area contributed by atoms with Crippen LogP contribution < -0.4 is 10.6 Å². The quantitative estimate of drug-likeness (QED) is 0.871. The Kier molecular flexibility index (Phi) is 4.98. The number of aryl methyl sites for hydroxylation is 1. The molecule has 0 aliphatic heterocycles. The van der Waals surface area contributed by atoms with Gasteiger partial charge in [0.1, 0.15) is 0 Å². The molecular weight excluding hydrogens is 294 g/mol. The monoisotopic (exact) mass is 309 g/mol. The fourth-order valence-corrected chi connectivity index (χ4v) is 2.55. The minimum absolute atomic E-state index is 0.208.